The number of thioether (sulfide) groups is 1. The molecule has 1 amide bonds. The Bertz CT molecular complexity index is 1160. The van der Waals surface area contributed by atoms with Crippen molar-refractivity contribution in [3.05, 3.63) is 70.6 Å². The second-order valence-corrected chi connectivity index (χ2v) is 8.70. The number of amides is 1. The molecule has 0 aliphatic rings. The molecule has 0 atom stereocenters. The van der Waals surface area contributed by atoms with Crippen molar-refractivity contribution in [2.24, 2.45) is 0 Å². The molecule has 10 heteroatoms. The van der Waals surface area contributed by atoms with Crippen molar-refractivity contribution in [2.75, 3.05) is 25.3 Å². The van der Waals surface area contributed by atoms with Gasteiger partial charge in [0.1, 0.15) is 11.6 Å². The molecule has 0 bridgehead atoms. The Kier molecular flexibility index (Phi) is 7.13. The summed E-state index contributed by atoms with van der Waals surface area (Å²) >= 11 is 3.00. The molecule has 0 aliphatic carbocycles. The molecule has 0 saturated heterocycles. The second-order valence-electron chi connectivity index (χ2n) is 6.73. The maximum atomic E-state index is 12.6. The molecule has 4 aromatic rings. The largest absolute Gasteiger partial charge is 0.493 e. The lowest BCUT2D eigenvalue weighted by atomic mass is 10.2. The number of aromatic nitrogens is 3. The van der Waals surface area contributed by atoms with E-state index in [-0.39, 0.29) is 11.7 Å². The Morgan fingerprint density at radius 1 is 1.16 bits per heavy atom. The van der Waals surface area contributed by atoms with Crippen molar-refractivity contribution in [3.8, 4) is 11.5 Å². The van der Waals surface area contributed by atoms with Gasteiger partial charge in [-0.3, -0.25) is 9.36 Å². The van der Waals surface area contributed by atoms with Crippen LogP contribution in [0.2, 0.25) is 0 Å². The molecule has 3 aromatic heterocycles. The van der Waals surface area contributed by atoms with Gasteiger partial charge in [0.2, 0.25) is 5.91 Å². The lowest BCUT2D eigenvalue weighted by Gasteiger charge is -2.11. The van der Waals surface area contributed by atoms with Crippen LogP contribution in [0.4, 0.5) is 5.69 Å². The van der Waals surface area contributed by atoms with Gasteiger partial charge in [0.25, 0.3) is 0 Å². The predicted octanol–water partition coefficient (Wildman–Crippen LogP) is 4.32. The lowest BCUT2D eigenvalue weighted by Crippen LogP contribution is -2.15. The highest BCUT2D eigenvalue weighted by molar-refractivity contribution is 7.99. The number of ether oxygens (including phenoxy) is 2. The molecule has 3 heterocycles. The fourth-order valence-corrected chi connectivity index (χ4v) is 4.54. The molecule has 0 aliphatic heterocycles. The molecule has 0 radical (unpaired) electrons. The number of hydrogen-bond donors (Lipinski definition) is 1. The Morgan fingerprint density at radius 2 is 2.03 bits per heavy atom. The van der Waals surface area contributed by atoms with E-state index in [0.717, 1.165) is 11.6 Å². The van der Waals surface area contributed by atoms with E-state index in [1.54, 1.807) is 50.0 Å². The molecule has 32 heavy (non-hydrogen) atoms. The quantitative estimate of drug-likeness (QED) is 0.345. The maximum Gasteiger partial charge on any atom is 0.234 e. The summed E-state index contributed by atoms with van der Waals surface area (Å²) in [6.07, 6.45) is 2.31. The number of hydrogen-bond acceptors (Lipinski definition) is 8. The molecule has 8 nitrogen and oxygen atoms in total. The van der Waals surface area contributed by atoms with Gasteiger partial charge in [0, 0.05) is 23.1 Å². The first-order valence-corrected chi connectivity index (χ1v) is 11.6. The van der Waals surface area contributed by atoms with Crippen LogP contribution in [-0.4, -0.2) is 40.6 Å². The fourth-order valence-electron chi connectivity index (χ4n) is 3.08. The van der Waals surface area contributed by atoms with E-state index in [1.165, 1.54) is 16.6 Å². The minimum atomic E-state index is -0.158. The van der Waals surface area contributed by atoms with Crippen LogP contribution >= 0.6 is 23.1 Å². The maximum absolute atomic E-state index is 12.6. The third kappa shape index (κ3) is 5.32. The summed E-state index contributed by atoms with van der Waals surface area (Å²) in [5, 5.41) is 14.3. The van der Waals surface area contributed by atoms with Crippen LogP contribution in [0.25, 0.3) is 0 Å². The Hall–Kier alpha value is -3.24. The minimum Gasteiger partial charge on any atom is -0.493 e. The highest BCUT2D eigenvalue weighted by Crippen LogP contribution is 2.30. The van der Waals surface area contributed by atoms with Crippen molar-refractivity contribution in [1.82, 2.24) is 14.8 Å². The Labute approximate surface area is 193 Å². The Balaban J connectivity index is 1.45. The topological polar surface area (TPSA) is 91.4 Å². The van der Waals surface area contributed by atoms with E-state index < -0.39 is 0 Å². The van der Waals surface area contributed by atoms with Crippen LogP contribution in [0.3, 0.4) is 0 Å². The molecular formula is C22H22N4O4S2. The number of methoxy groups -OCH3 is 2. The first-order valence-electron chi connectivity index (χ1n) is 9.77. The van der Waals surface area contributed by atoms with Crippen molar-refractivity contribution >= 4 is 34.7 Å². The summed E-state index contributed by atoms with van der Waals surface area (Å²) < 4.78 is 18.0. The number of furan rings is 1. The van der Waals surface area contributed by atoms with Gasteiger partial charge in [0.05, 0.1) is 32.8 Å². The van der Waals surface area contributed by atoms with Gasteiger partial charge in [-0.2, -0.15) is 0 Å². The van der Waals surface area contributed by atoms with Crippen LogP contribution in [0, 0.1) is 0 Å². The summed E-state index contributed by atoms with van der Waals surface area (Å²) in [7, 11) is 3.12. The summed E-state index contributed by atoms with van der Waals surface area (Å²) in [6.45, 7) is 0.500. The van der Waals surface area contributed by atoms with E-state index in [4.69, 9.17) is 13.9 Å². The Morgan fingerprint density at radius 3 is 2.75 bits per heavy atom. The molecule has 1 aromatic carbocycles. The monoisotopic (exact) mass is 470 g/mol. The minimum absolute atomic E-state index is 0.158. The summed E-state index contributed by atoms with van der Waals surface area (Å²) in [4.78, 5) is 13.7. The number of nitrogens with one attached hydrogen (secondary N) is 1. The van der Waals surface area contributed by atoms with Gasteiger partial charge >= 0.3 is 0 Å². The third-order valence-electron chi connectivity index (χ3n) is 4.60. The predicted molar refractivity (Wildman–Crippen MR) is 124 cm³/mol. The lowest BCUT2D eigenvalue weighted by molar-refractivity contribution is -0.113. The molecule has 4 rings (SSSR count). The zero-order chi connectivity index (χ0) is 22.3. The molecule has 0 fully saturated rings. The van der Waals surface area contributed by atoms with Crippen LogP contribution in [-0.2, 0) is 17.8 Å². The van der Waals surface area contributed by atoms with Gasteiger partial charge in [-0.15, -0.1) is 21.5 Å². The van der Waals surface area contributed by atoms with E-state index in [0.29, 0.717) is 35.3 Å². The van der Waals surface area contributed by atoms with E-state index >= 15 is 0 Å². The molecule has 166 valence electrons. The van der Waals surface area contributed by atoms with Crippen LogP contribution in [0.15, 0.2) is 63.7 Å². The van der Waals surface area contributed by atoms with Gasteiger partial charge in [0.15, 0.2) is 16.7 Å². The van der Waals surface area contributed by atoms with Crippen molar-refractivity contribution < 1.29 is 18.7 Å². The van der Waals surface area contributed by atoms with E-state index in [1.807, 2.05) is 28.1 Å². The summed E-state index contributed by atoms with van der Waals surface area (Å²) in [5.74, 6) is 2.80. The first kappa shape index (κ1) is 22.0. The van der Waals surface area contributed by atoms with Crippen molar-refractivity contribution in [3.63, 3.8) is 0 Å². The van der Waals surface area contributed by atoms with Crippen LogP contribution in [0.5, 0.6) is 11.5 Å². The van der Waals surface area contributed by atoms with Gasteiger partial charge in [-0.1, -0.05) is 17.8 Å². The number of thiophene rings is 1. The third-order valence-corrected chi connectivity index (χ3v) is 6.44. The SMILES string of the molecule is COc1ccc(NC(=O)CSc2nnc(Cc3cccs3)n2Cc2ccco2)cc1OC. The molecular weight excluding hydrogens is 448 g/mol. The summed E-state index contributed by atoms with van der Waals surface area (Å²) in [5.41, 5.74) is 0.628. The number of rotatable bonds is 10. The highest BCUT2D eigenvalue weighted by Gasteiger charge is 2.17. The zero-order valence-corrected chi connectivity index (χ0v) is 19.2. The number of carbonyl (C=O) groups is 1. The average molecular weight is 471 g/mol. The molecule has 0 unspecified atom stereocenters. The van der Waals surface area contributed by atoms with Gasteiger partial charge < -0.3 is 19.2 Å². The normalized spacial score (nSPS) is 10.8. The molecule has 0 saturated carbocycles. The van der Waals surface area contributed by atoms with Crippen LogP contribution < -0.4 is 14.8 Å². The number of carbonyl (C=O) groups excluding carboxylic acids is 1. The smallest absolute Gasteiger partial charge is 0.234 e. The van der Waals surface area contributed by atoms with E-state index in [9.17, 15) is 4.79 Å². The number of benzene rings is 1. The van der Waals surface area contributed by atoms with Crippen LogP contribution in [0.1, 0.15) is 16.5 Å². The van der Waals surface area contributed by atoms with E-state index in [2.05, 4.69) is 21.6 Å². The average Bonchev–Trinajstić information content (AvgIpc) is 3.57. The highest BCUT2D eigenvalue weighted by atomic mass is 32.2. The number of nitrogens with zero attached hydrogens (tertiary/aromatic N) is 3. The van der Waals surface area contributed by atoms with Gasteiger partial charge in [-0.25, -0.2) is 0 Å². The molecule has 0 spiro atoms. The zero-order valence-electron chi connectivity index (χ0n) is 17.6. The van der Waals surface area contributed by atoms with Gasteiger partial charge in [-0.05, 0) is 35.7 Å². The first-order chi connectivity index (χ1) is 15.7. The number of anilines is 1. The second kappa shape index (κ2) is 10.4. The standard InChI is InChI=1S/C22H22N4O4S2/c1-28-18-8-7-15(11-19(18)29-2)23-21(27)14-32-22-25-24-20(12-17-6-4-10-31-17)26(22)13-16-5-3-9-30-16/h3-11H,12-14H2,1-2H3,(H,23,27). The van der Waals surface area contributed by atoms with Crippen molar-refractivity contribution in [1.29, 1.82) is 0 Å². The molecule has 1 N–H and O–H groups in total. The summed E-state index contributed by atoms with van der Waals surface area (Å²) in [6, 6.07) is 13.1. The van der Waals surface area contributed by atoms with Crippen molar-refractivity contribution in [2.45, 2.75) is 18.1 Å². The fraction of sp³-hybridized carbons (Fsp3) is 0.227.